The fourth-order valence-electron chi connectivity index (χ4n) is 3.41. The van der Waals surface area contributed by atoms with E-state index in [9.17, 15) is 18.0 Å². The minimum atomic E-state index is -2.95. The van der Waals surface area contributed by atoms with E-state index in [1.807, 2.05) is 18.2 Å². The molecule has 1 fully saturated rings. The molecule has 2 aliphatic rings. The molecule has 0 bridgehead atoms. The fraction of sp³-hybridized carbons (Fsp3) is 0.556. The van der Waals surface area contributed by atoms with Crippen molar-refractivity contribution in [3.63, 3.8) is 0 Å². The van der Waals surface area contributed by atoms with Crippen LogP contribution in [0.2, 0.25) is 0 Å². The van der Waals surface area contributed by atoms with Gasteiger partial charge in [0, 0.05) is 5.25 Å². The van der Waals surface area contributed by atoms with Crippen LogP contribution >= 0.6 is 11.8 Å². The maximum Gasteiger partial charge on any atom is 0.316 e. The van der Waals surface area contributed by atoms with Gasteiger partial charge in [-0.15, -0.1) is 11.8 Å². The number of carbonyl (C=O) groups is 2. The van der Waals surface area contributed by atoms with Crippen LogP contribution in [0.1, 0.15) is 36.4 Å². The van der Waals surface area contributed by atoms with E-state index in [1.165, 1.54) is 17.3 Å². The van der Waals surface area contributed by atoms with Crippen molar-refractivity contribution in [2.45, 2.75) is 37.0 Å². The summed E-state index contributed by atoms with van der Waals surface area (Å²) in [5.74, 6) is -0.427. The molecule has 2 atom stereocenters. The number of thioether (sulfide) groups is 1. The summed E-state index contributed by atoms with van der Waals surface area (Å²) in [7, 11) is -2.95. The second-order valence-corrected chi connectivity index (χ2v) is 10.2. The normalized spacial score (nSPS) is 23.8. The molecular weight excluding hydrogens is 374 g/mol. The molecule has 142 valence electrons. The summed E-state index contributed by atoms with van der Waals surface area (Å²) in [4.78, 5) is 23.9. The molecule has 3 rings (SSSR count). The first-order valence-electron chi connectivity index (χ1n) is 8.78. The standard InChI is InChI=1S/C18H23NO5S2/c20-17(19-16-7-3-5-13-4-1-2-6-15(13)16)10-24-18(21)11-25-14-8-9-26(22,23)12-14/h1-2,4,6,14,16H,3,5,7-12H2,(H,19,20)/t14-,16+/m0/s1. The predicted octanol–water partition coefficient (Wildman–Crippen LogP) is 1.64. The molecule has 1 aliphatic carbocycles. The largest absolute Gasteiger partial charge is 0.455 e. The Hall–Kier alpha value is -1.54. The highest BCUT2D eigenvalue weighted by molar-refractivity contribution is 8.02. The van der Waals surface area contributed by atoms with Crippen LogP contribution in [0.5, 0.6) is 0 Å². The van der Waals surface area contributed by atoms with Gasteiger partial charge in [0.15, 0.2) is 16.4 Å². The molecule has 1 aromatic carbocycles. The number of fused-ring (bicyclic) bond motifs is 1. The molecular formula is C18H23NO5S2. The van der Waals surface area contributed by atoms with E-state index in [0.29, 0.717) is 6.42 Å². The Morgan fingerprint density at radius 1 is 1.23 bits per heavy atom. The van der Waals surface area contributed by atoms with Crippen molar-refractivity contribution < 1.29 is 22.7 Å². The van der Waals surface area contributed by atoms with Crippen LogP contribution < -0.4 is 5.32 Å². The van der Waals surface area contributed by atoms with Crippen LogP contribution in [0, 0.1) is 0 Å². The number of rotatable bonds is 6. The molecule has 6 nitrogen and oxygen atoms in total. The van der Waals surface area contributed by atoms with Crippen LogP contribution in [0.25, 0.3) is 0 Å². The van der Waals surface area contributed by atoms with E-state index < -0.39 is 15.8 Å². The van der Waals surface area contributed by atoms with E-state index in [1.54, 1.807) is 0 Å². The van der Waals surface area contributed by atoms with Gasteiger partial charge in [0.25, 0.3) is 5.91 Å². The van der Waals surface area contributed by atoms with Crippen molar-refractivity contribution in [2.75, 3.05) is 23.9 Å². The number of hydrogen-bond donors (Lipinski definition) is 1. The third-order valence-corrected chi connectivity index (χ3v) is 7.95. The summed E-state index contributed by atoms with van der Waals surface area (Å²) in [6.07, 6.45) is 3.49. The molecule has 1 heterocycles. The van der Waals surface area contributed by atoms with Gasteiger partial charge in [0.05, 0.1) is 23.3 Å². The summed E-state index contributed by atoms with van der Waals surface area (Å²) in [5.41, 5.74) is 2.39. The van der Waals surface area contributed by atoms with Crippen molar-refractivity contribution >= 4 is 33.5 Å². The number of sulfone groups is 1. The van der Waals surface area contributed by atoms with Crippen molar-refractivity contribution in [1.29, 1.82) is 0 Å². The molecule has 1 amide bonds. The number of carbonyl (C=O) groups excluding carboxylic acids is 2. The molecule has 26 heavy (non-hydrogen) atoms. The van der Waals surface area contributed by atoms with Crippen LogP contribution in [0.3, 0.4) is 0 Å². The Kier molecular flexibility index (Phi) is 6.24. The lowest BCUT2D eigenvalue weighted by Crippen LogP contribution is -2.34. The zero-order chi connectivity index (χ0) is 18.6. The molecule has 0 spiro atoms. The first kappa shape index (κ1) is 19.2. The van der Waals surface area contributed by atoms with Gasteiger partial charge < -0.3 is 10.1 Å². The lowest BCUT2D eigenvalue weighted by Gasteiger charge is -2.26. The molecule has 0 aromatic heterocycles. The maximum absolute atomic E-state index is 12.1. The van der Waals surface area contributed by atoms with Gasteiger partial charge >= 0.3 is 5.97 Å². The molecule has 0 saturated carbocycles. The Labute approximate surface area is 158 Å². The van der Waals surface area contributed by atoms with E-state index in [4.69, 9.17) is 4.74 Å². The van der Waals surface area contributed by atoms with Gasteiger partial charge in [0.2, 0.25) is 0 Å². The zero-order valence-electron chi connectivity index (χ0n) is 14.5. The SMILES string of the molecule is O=C(COC(=O)CS[C@H]1CCS(=O)(=O)C1)N[C@@H]1CCCc2ccccc21. The quantitative estimate of drug-likeness (QED) is 0.734. The smallest absolute Gasteiger partial charge is 0.316 e. The fourth-order valence-corrected chi connectivity index (χ4v) is 6.84. The molecule has 0 radical (unpaired) electrons. The first-order valence-corrected chi connectivity index (χ1v) is 11.6. The molecule has 8 heteroatoms. The van der Waals surface area contributed by atoms with Gasteiger partial charge in [-0.2, -0.15) is 0 Å². The number of esters is 1. The van der Waals surface area contributed by atoms with E-state index in [-0.39, 0.29) is 41.1 Å². The molecule has 0 unspecified atom stereocenters. The van der Waals surface area contributed by atoms with Gasteiger partial charge in [-0.3, -0.25) is 9.59 Å². The highest BCUT2D eigenvalue weighted by atomic mass is 32.2. The van der Waals surface area contributed by atoms with Gasteiger partial charge in [-0.25, -0.2) is 8.42 Å². The summed E-state index contributed by atoms with van der Waals surface area (Å²) < 4.78 is 27.8. The second-order valence-electron chi connectivity index (χ2n) is 6.71. The monoisotopic (exact) mass is 397 g/mol. The minimum Gasteiger partial charge on any atom is -0.455 e. The third-order valence-electron chi connectivity index (χ3n) is 4.70. The van der Waals surface area contributed by atoms with E-state index >= 15 is 0 Å². The number of aryl methyl sites for hydroxylation is 1. The Morgan fingerprint density at radius 2 is 2.04 bits per heavy atom. The van der Waals surface area contributed by atoms with Gasteiger partial charge in [-0.1, -0.05) is 24.3 Å². The van der Waals surface area contributed by atoms with Crippen LogP contribution in [-0.4, -0.2) is 49.4 Å². The van der Waals surface area contributed by atoms with Gasteiger partial charge in [0.1, 0.15) is 0 Å². The van der Waals surface area contributed by atoms with E-state index in [2.05, 4.69) is 11.4 Å². The van der Waals surface area contributed by atoms with Crippen LogP contribution in [0.15, 0.2) is 24.3 Å². The summed E-state index contributed by atoms with van der Waals surface area (Å²) in [6.45, 7) is -0.305. The van der Waals surface area contributed by atoms with Crippen molar-refractivity contribution in [1.82, 2.24) is 5.32 Å². The van der Waals surface area contributed by atoms with Crippen molar-refractivity contribution in [3.8, 4) is 0 Å². The van der Waals surface area contributed by atoms with Gasteiger partial charge in [-0.05, 0) is 36.8 Å². The maximum atomic E-state index is 12.1. The first-order chi connectivity index (χ1) is 12.4. The predicted molar refractivity (Wildman–Crippen MR) is 101 cm³/mol. The zero-order valence-corrected chi connectivity index (χ0v) is 16.1. The Morgan fingerprint density at radius 3 is 2.81 bits per heavy atom. The van der Waals surface area contributed by atoms with Crippen molar-refractivity contribution in [3.05, 3.63) is 35.4 Å². The molecule has 1 N–H and O–H groups in total. The number of nitrogens with one attached hydrogen (secondary N) is 1. The number of ether oxygens (including phenoxy) is 1. The Balaban J connectivity index is 1.40. The Bertz CT molecular complexity index is 778. The lowest BCUT2D eigenvalue weighted by molar-refractivity contribution is -0.146. The highest BCUT2D eigenvalue weighted by Crippen LogP contribution is 2.29. The molecule has 1 aromatic rings. The average Bonchev–Trinajstić information content (AvgIpc) is 2.97. The molecule has 1 saturated heterocycles. The number of hydrogen-bond acceptors (Lipinski definition) is 6. The average molecular weight is 398 g/mol. The highest BCUT2D eigenvalue weighted by Gasteiger charge is 2.29. The third kappa shape index (κ3) is 5.23. The molecule has 1 aliphatic heterocycles. The second kappa shape index (κ2) is 8.43. The topological polar surface area (TPSA) is 89.5 Å². The summed E-state index contributed by atoms with van der Waals surface area (Å²) in [5, 5.41) is 2.88. The minimum absolute atomic E-state index is 0.0378. The van der Waals surface area contributed by atoms with Crippen LogP contribution in [0.4, 0.5) is 0 Å². The van der Waals surface area contributed by atoms with Crippen LogP contribution in [-0.2, 0) is 30.6 Å². The summed E-state index contributed by atoms with van der Waals surface area (Å²) >= 11 is 1.29. The van der Waals surface area contributed by atoms with Crippen molar-refractivity contribution in [2.24, 2.45) is 0 Å². The summed E-state index contributed by atoms with van der Waals surface area (Å²) in [6, 6.07) is 8.03. The number of amides is 1. The lowest BCUT2D eigenvalue weighted by atomic mass is 9.88. The number of benzene rings is 1. The van der Waals surface area contributed by atoms with E-state index in [0.717, 1.165) is 24.8 Å².